The van der Waals surface area contributed by atoms with E-state index in [1.165, 1.54) is 0 Å². The van der Waals surface area contributed by atoms with Crippen LogP contribution in [0.1, 0.15) is 0 Å². The van der Waals surface area contributed by atoms with Crippen LogP contribution in [0.15, 0.2) is 17.7 Å². The first-order chi connectivity index (χ1) is 4.31. The summed E-state index contributed by atoms with van der Waals surface area (Å²) in [6.45, 7) is 3.02. The minimum Gasteiger partial charge on any atom is -0.219 e. The first kappa shape index (κ1) is 10.3. The van der Waals surface area contributed by atoms with Crippen molar-refractivity contribution in [3.63, 3.8) is 0 Å². The Kier molecular flexibility index (Phi) is 3.27. The molecule has 0 aromatic rings. The Morgan fingerprint density at radius 2 is 1.80 bits per heavy atom. The Labute approximate surface area is 74.0 Å². The SMILES string of the molecule is C=C=CS(=O)(=O)C(Cl)(Cl)Cl. The number of sulfone groups is 1. The van der Waals surface area contributed by atoms with E-state index in [1.54, 1.807) is 0 Å². The van der Waals surface area contributed by atoms with Crippen molar-refractivity contribution in [3.05, 3.63) is 17.7 Å². The molecule has 0 saturated carbocycles. The van der Waals surface area contributed by atoms with Crippen LogP contribution in [-0.2, 0) is 9.84 Å². The van der Waals surface area contributed by atoms with E-state index in [0.717, 1.165) is 0 Å². The van der Waals surface area contributed by atoms with Gasteiger partial charge < -0.3 is 0 Å². The number of rotatable bonds is 1. The summed E-state index contributed by atoms with van der Waals surface area (Å²) in [5.74, 6) is 0. The Bertz CT molecular complexity index is 255. The van der Waals surface area contributed by atoms with Crippen molar-refractivity contribution >= 4 is 44.6 Å². The molecule has 0 saturated heterocycles. The molecule has 0 bridgehead atoms. The van der Waals surface area contributed by atoms with Gasteiger partial charge in [0.1, 0.15) is 0 Å². The highest BCUT2D eigenvalue weighted by Crippen LogP contribution is 2.33. The lowest BCUT2D eigenvalue weighted by Crippen LogP contribution is -2.15. The molecule has 0 unspecified atom stereocenters. The van der Waals surface area contributed by atoms with Gasteiger partial charge in [0.25, 0.3) is 3.12 Å². The molecule has 6 heteroatoms. The Morgan fingerprint density at radius 1 is 1.40 bits per heavy atom. The van der Waals surface area contributed by atoms with Gasteiger partial charge in [0.15, 0.2) is 0 Å². The second kappa shape index (κ2) is 3.16. The van der Waals surface area contributed by atoms with Crippen molar-refractivity contribution in [1.29, 1.82) is 0 Å². The second-order valence-corrected chi connectivity index (χ2v) is 6.20. The molecule has 0 aliphatic rings. The van der Waals surface area contributed by atoms with Gasteiger partial charge in [-0.15, -0.1) is 5.73 Å². The minimum absolute atomic E-state index is 0.611. The lowest BCUT2D eigenvalue weighted by Gasteiger charge is -2.05. The van der Waals surface area contributed by atoms with E-state index in [-0.39, 0.29) is 0 Å². The fourth-order valence-electron chi connectivity index (χ4n) is 0.177. The lowest BCUT2D eigenvalue weighted by molar-refractivity contribution is 0.605. The van der Waals surface area contributed by atoms with Crippen molar-refractivity contribution < 1.29 is 8.42 Å². The molecule has 58 valence electrons. The zero-order chi connectivity index (χ0) is 8.41. The number of halogens is 3. The quantitative estimate of drug-likeness (QED) is 0.501. The van der Waals surface area contributed by atoms with E-state index in [0.29, 0.717) is 5.41 Å². The average Bonchev–Trinajstić information content (AvgIpc) is 1.61. The summed E-state index contributed by atoms with van der Waals surface area (Å²) in [4.78, 5) is 0. The predicted octanol–water partition coefficient (Wildman–Crippen LogP) is 2.03. The van der Waals surface area contributed by atoms with E-state index in [1.807, 2.05) is 5.73 Å². The van der Waals surface area contributed by atoms with Crippen molar-refractivity contribution in [2.24, 2.45) is 0 Å². The molecule has 0 rings (SSSR count). The van der Waals surface area contributed by atoms with Gasteiger partial charge in [0.2, 0.25) is 9.84 Å². The summed E-state index contributed by atoms with van der Waals surface area (Å²) in [5.41, 5.74) is 2.00. The molecule has 0 spiro atoms. The maximum Gasteiger partial charge on any atom is 0.297 e. The highest BCUT2D eigenvalue weighted by molar-refractivity contribution is 7.99. The zero-order valence-electron chi connectivity index (χ0n) is 4.64. The van der Waals surface area contributed by atoms with Gasteiger partial charge in [0.05, 0.1) is 5.41 Å². The third kappa shape index (κ3) is 2.52. The molecule has 0 amide bonds. The van der Waals surface area contributed by atoms with Crippen molar-refractivity contribution in [1.82, 2.24) is 0 Å². The van der Waals surface area contributed by atoms with Crippen molar-refractivity contribution in [2.75, 3.05) is 0 Å². The minimum atomic E-state index is -3.85. The normalized spacial score (nSPS) is 12.3. The van der Waals surface area contributed by atoms with E-state index in [9.17, 15) is 8.42 Å². The molecule has 2 nitrogen and oxygen atoms in total. The fraction of sp³-hybridized carbons (Fsp3) is 0.250. The summed E-state index contributed by atoms with van der Waals surface area (Å²) >= 11 is 15.1. The first-order valence-electron chi connectivity index (χ1n) is 1.98. The van der Waals surface area contributed by atoms with Crippen LogP contribution < -0.4 is 0 Å². The van der Waals surface area contributed by atoms with Crippen LogP contribution in [0.25, 0.3) is 0 Å². The maximum absolute atomic E-state index is 10.7. The molecular weight excluding hydrogens is 218 g/mol. The van der Waals surface area contributed by atoms with Gasteiger partial charge in [-0.2, -0.15) is 0 Å². The van der Waals surface area contributed by atoms with Gasteiger partial charge in [-0.1, -0.05) is 41.4 Å². The Hall–Kier alpha value is 0.340. The van der Waals surface area contributed by atoms with Crippen LogP contribution in [-0.4, -0.2) is 11.5 Å². The third-order valence-corrected chi connectivity index (χ3v) is 3.62. The van der Waals surface area contributed by atoms with E-state index in [4.69, 9.17) is 34.8 Å². The third-order valence-electron chi connectivity index (χ3n) is 0.561. The molecule has 0 aromatic carbocycles. The monoisotopic (exact) mass is 220 g/mol. The van der Waals surface area contributed by atoms with E-state index < -0.39 is 13.0 Å². The van der Waals surface area contributed by atoms with Gasteiger partial charge in [0, 0.05) is 0 Å². The lowest BCUT2D eigenvalue weighted by atomic mass is 11.0. The predicted molar refractivity (Wildman–Crippen MR) is 42.9 cm³/mol. The highest BCUT2D eigenvalue weighted by Gasteiger charge is 2.35. The van der Waals surface area contributed by atoms with Gasteiger partial charge >= 0.3 is 0 Å². The summed E-state index contributed by atoms with van der Waals surface area (Å²) in [7, 11) is -3.85. The Balaban J connectivity index is 4.97. The van der Waals surface area contributed by atoms with Crippen LogP contribution in [0.4, 0.5) is 0 Å². The highest BCUT2D eigenvalue weighted by atomic mass is 35.6. The summed E-state index contributed by atoms with van der Waals surface area (Å²) in [5, 5.41) is 0.611. The molecule has 0 N–H and O–H groups in total. The fourth-order valence-corrected chi connectivity index (χ4v) is 0.930. The van der Waals surface area contributed by atoms with Crippen LogP contribution in [0, 0.1) is 0 Å². The molecule has 0 atom stereocenters. The number of hydrogen-bond donors (Lipinski definition) is 0. The summed E-state index contributed by atoms with van der Waals surface area (Å²) < 4.78 is 19.1. The first-order valence-corrected chi connectivity index (χ1v) is 4.66. The molecular formula is C4H3Cl3O2S. The molecule has 0 aliphatic carbocycles. The van der Waals surface area contributed by atoms with Gasteiger partial charge in [-0.05, 0) is 0 Å². The molecule has 0 fully saturated rings. The van der Waals surface area contributed by atoms with E-state index in [2.05, 4.69) is 6.58 Å². The van der Waals surface area contributed by atoms with Crippen LogP contribution >= 0.6 is 34.8 Å². The second-order valence-electron chi connectivity index (χ2n) is 1.31. The molecule has 0 radical (unpaired) electrons. The zero-order valence-corrected chi connectivity index (χ0v) is 7.73. The molecule has 0 aliphatic heterocycles. The molecule has 10 heavy (non-hydrogen) atoms. The number of hydrogen-bond acceptors (Lipinski definition) is 2. The van der Waals surface area contributed by atoms with Gasteiger partial charge in [-0.25, -0.2) is 8.42 Å². The van der Waals surface area contributed by atoms with E-state index >= 15 is 0 Å². The summed E-state index contributed by atoms with van der Waals surface area (Å²) in [6, 6.07) is 0. The van der Waals surface area contributed by atoms with Crippen LogP contribution in [0.3, 0.4) is 0 Å². The summed E-state index contributed by atoms with van der Waals surface area (Å²) in [6.07, 6.45) is 0. The topological polar surface area (TPSA) is 34.1 Å². The van der Waals surface area contributed by atoms with Crippen LogP contribution in [0.5, 0.6) is 0 Å². The van der Waals surface area contributed by atoms with Crippen molar-refractivity contribution in [2.45, 2.75) is 3.12 Å². The number of alkyl halides is 3. The standard InChI is InChI=1S/C4H3Cl3O2S/c1-2-3-10(8,9)4(5,6)7/h3H,1H2. The molecule has 0 heterocycles. The van der Waals surface area contributed by atoms with Gasteiger partial charge in [-0.3, -0.25) is 0 Å². The smallest absolute Gasteiger partial charge is 0.219 e. The largest absolute Gasteiger partial charge is 0.297 e. The van der Waals surface area contributed by atoms with Crippen LogP contribution in [0.2, 0.25) is 0 Å². The average molecular weight is 221 g/mol. The molecule has 0 aromatic heterocycles. The van der Waals surface area contributed by atoms with Crippen molar-refractivity contribution in [3.8, 4) is 0 Å². The Morgan fingerprint density at radius 3 is 1.90 bits per heavy atom. The maximum atomic E-state index is 10.7.